The molecule has 2 aliphatic heterocycles. The number of ether oxygens (including phenoxy) is 2. The van der Waals surface area contributed by atoms with Crippen molar-refractivity contribution in [3.8, 4) is 11.5 Å². The molecule has 4 rings (SSSR count). The molecule has 3 N–H and O–H groups in total. The summed E-state index contributed by atoms with van der Waals surface area (Å²) < 4.78 is 10.9. The monoisotopic (exact) mass is 413 g/mol. The largest absolute Gasteiger partial charge is 0.454 e. The number of carbonyl (C=O) groups is 2. The number of nitrogens with one attached hydrogen (secondary N) is 3. The molecule has 0 saturated carbocycles. The number of carbonyl (C=O) groups excluding carboxylic acids is 2. The Kier molecular flexibility index (Phi) is 5.66. The highest BCUT2D eigenvalue weighted by Crippen LogP contribution is 2.32. The van der Waals surface area contributed by atoms with E-state index in [2.05, 4.69) is 17.1 Å². The summed E-state index contributed by atoms with van der Waals surface area (Å²) in [6.45, 7) is 12.5. The van der Waals surface area contributed by atoms with Crippen molar-refractivity contribution in [2.45, 2.75) is 40.3 Å². The molecule has 1 fully saturated rings. The summed E-state index contributed by atoms with van der Waals surface area (Å²) in [6.07, 6.45) is 0. The van der Waals surface area contributed by atoms with E-state index in [1.807, 2.05) is 26.8 Å². The number of aromatic amines is 1. The van der Waals surface area contributed by atoms with Crippen LogP contribution in [0.5, 0.6) is 11.5 Å². The molecule has 3 heterocycles. The predicted molar refractivity (Wildman–Crippen MR) is 112 cm³/mol. The van der Waals surface area contributed by atoms with E-state index in [1.54, 1.807) is 6.92 Å². The number of fused-ring (bicyclic) bond motifs is 1. The Hall–Kier alpha value is -2.64. The van der Waals surface area contributed by atoms with Gasteiger partial charge >= 0.3 is 0 Å². The molecule has 160 valence electrons. The van der Waals surface area contributed by atoms with E-state index in [9.17, 15) is 9.59 Å². The van der Waals surface area contributed by atoms with Crippen LogP contribution in [0, 0.1) is 13.8 Å². The van der Waals surface area contributed by atoms with Crippen molar-refractivity contribution in [1.82, 2.24) is 4.98 Å². The van der Waals surface area contributed by atoms with Crippen molar-refractivity contribution in [2.24, 2.45) is 0 Å². The predicted octanol–water partition coefficient (Wildman–Crippen LogP) is 0.118. The Morgan fingerprint density at radius 3 is 2.47 bits per heavy atom. The lowest BCUT2D eigenvalue weighted by Gasteiger charge is -2.32. The van der Waals surface area contributed by atoms with E-state index in [0.29, 0.717) is 18.1 Å². The molecule has 2 aromatic rings. The van der Waals surface area contributed by atoms with Gasteiger partial charge in [-0.3, -0.25) is 9.59 Å². The molecule has 1 aromatic carbocycles. The molecule has 1 aromatic heterocycles. The summed E-state index contributed by atoms with van der Waals surface area (Å²) in [5, 5.41) is 0. The minimum absolute atomic E-state index is 0.000955. The van der Waals surface area contributed by atoms with Crippen LogP contribution in [-0.4, -0.2) is 55.6 Å². The normalized spacial score (nSPS) is 21.5. The maximum atomic E-state index is 13.1. The number of quaternary nitrogens is 2. The first-order chi connectivity index (χ1) is 14.3. The average Bonchev–Trinajstić information content (AvgIpc) is 3.30. The van der Waals surface area contributed by atoms with E-state index in [0.717, 1.165) is 55.5 Å². The van der Waals surface area contributed by atoms with Gasteiger partial charge in [-0.25, -0.2) is 0 Å². The van der Waals surface area contributed by atoms with Crippen LogP contribution in [0.4, 0.5) is 0 Å². The van der Waals surface area contributed by atoms with Crippen molar-refractivity contribution in [3.05, 3.63) is 46.3 Å². The quantitative estimate of drug-likeness (QED) is 0.588. The maximum Gasteiger partial charge on any atom is 0.235 e. The molecule has 30 heavy (non-hydrogen) atoms. The Balaban J connectivity index is 1.36. The van der Waals surface area contributed by atoms with E-state index in [1.165, 1.54) is 15.4 Å². The highest BCUT2D eigenvalue weighted by atomic mass is 16.7. The average molecular weight is 414 g/mol. The molecule has 1 saturated heterocycles. The zero-order valence-electron chi connectivity index (χ0n) is 18.2. The van der Waals surface area contributed by atoms with Gasteiger partial charge in [0.2, 0.25) is 12.6 Å². The zero-order valence-corrected chi connectivity index (χ0v) is 18.2. The van der Waals surface area contributed by atoms with Crippen LogP contribution < -0.4 is 19.3 Å². The van der Waals surface area contributed by atoms with Crippen LogP contribution in [0.1, 0.15) is 51.5 Å². The molecule has 7 heteroatoms. The number of hydrogen-bond donors (Lipinski definition) is 3. The van der Waals surface area contributed by atoms with Crippen molar-refractivity contribution in [3.63, 3.8) is 0 Å². The van der Waals surface area contributed by atoms with Gasteiger partial charge in [-0.15, -0.1) is 0 Å². The lowest BCUT2D eigenvalue weighted by Crippen LogP contribution is -3.29. The number of benzene rings is 1. The summed E-state index contributed by atoms with van der Waals surface area (Å²) in [4.78, 5) is 31.0. The van der Waals surface area contributed by atoms with Crippen LogP contribution in [0.25, 0.3) is 0 Å². The summed E-state index contributed by atoms with van der Waals surface area (Å²) >= 11 is 0. The van der Waals surface area contributed by atoms with Gasteiger partial charge in [0, 0.05) is 16.8 Å². The Labute approximate surface area is 177 Å². The van der Waals surface area contributed by atoms with Crippen molar-refractivity contribution < 1.29 is 28.9 Å². The second kappa shape index (κ2) is 8.24. The molecule has 0 amide bonds. The van der Waals surface area contributed by atoms with E-state index < -0.39 is 0 Å². The molecule has 0 aliphatic carbocycles. The fourth-order valence-electron chi connectivity index (χ4n) is 4.80. The van der Waals surface area contributed by atoms with Crippen molar-refractivity contribution >= 4 is 11.6 Å². The molecule has 2 aliphatic rings. The number of hydrogen-bond acceptors (Lipinski definition) is 4. The fraction of sp³-hybridized carbons (Fsp3) is 0.478. The van der Waals surface area contributed by atoms with Crippen LogP contribution in [0.2, 0.25) is 0 Å². The first-order valence-corrected chi connectivity index (χ1v) is 10.7. The van der Waals surface area contributed by atoms with Gasteiger partial charge in [-0.1, -0.05) is 0 Å². The topological polar surface area (TPSA) is 77.3 Å². The van der Waals surface area contributed by atoms with E-state index in [-0.39, 0.29) is 17.6 Å². The summed E-state index contributed by atoms with van der Waals surface area (Å²) in [6, 6.07) is 6.03. The highest BCUT2D eigenvalue weighted by molar-refractivity contribution is 6.04. The van der Waals surface area contributed by atoms with Crippen LogP contribution in [0.15, 0.2) is 18.2 Å². The molecule has 0 unspecified atom stereocenters. The maximum absolute atomic E-state index is 13.1. The molecular formula is C23H31N3O4+2. The third-order valence-electron chi connectivity index (χ3n) is 6.53. The van der Waals surface area contributed by atoms with Gasteiger partial charge < -0.3 is 24.3 Å². The number of H-pyrrole nitrogens is 1. The lowest BCUT2D eigenvalue weighted by atomic mass is 10.0. The van der Waals surface area contributed by atoms with Crippen LogP contribution in [0.3, 0.4) is 0 Å². The molecule has 0 bridgehead atoms. The third kappa shape index (κ3) is 3.87. The van der Waals surface area contributed by atoms with Crippen molar-refractivity contribution in [2.75, 3.05) is 33.0 Å². The summed E-state index contributed by atoms with van der Waals surface area (Å²) in [5.41, 5.74) is 4.05. The first kappa shape index (κ1) is 20.6. The minimum atomic E-state index is -0.131. The number of piperazine rings is 1. The van der Waals surface area contributed by atoms with Gasteiger partial charge in [0.15, 0.2) is 23.3 Å². The SMILES string of the molecule is CC(=O)c1c(C)[nH]c(C(=O)[C@@H](C)[NH+]2CC[NH+](Cc3ccc4c(c3)OCO4)CC2)c1C. The molecule has 7 nitrogen and oxygen atoms in total. The standard InChI is InChI=1S/C23H29N3O4/c1-14-21(17(4)27)15(2)24-22(14)23(28)16(3)26-9-7-25(8-10-26)12-18-5-6-19-20(11-18)30-13-29-19/h5-6,11,16,24H,7-10,12-13H2,1-4H3/p+2/t16-/m1/s1. The second-order valence-electron chi connectivity index (χ2n) is 8.54. The number of rotatable bonds is 6. The highest BCUT2D eigenvalue weighted by Gasteiger charge is 2.34. The van der Waals surface area contributed by atoms with Gasteiger partial charge in [-0.2, -0.15) is 0 Å². The number of aromatic nitrogens is 1. The number of Topliss-reactive ketones (excluding diaryl/α,β-unsaturated/α-hetero) is 2. The number of ketones is 2. The van der Waals surface area contributed by atoms with Gasteiger partial charge in [0.1, 0.15) is 32.7 Å². The lowest BCUT2D eigenvalue weighted by molar-refractivity contribution is -1.02. The van der Waals surface area contributed by atoms with E-state index >= 15 is 0 Å². The summed E-state index contributed by atoms with van der Waals surface area (Å²) in [7, 11) is 0. The Morgan fingerprint density at radius 1 is 1.10 bits per heavy atom. The smallest absolute Gasteiger partial charge is 0.235 e. The molecule has 1 atom stereocenters. The number of aryl methyl sites for hydroxylation is 1. The van der Waals surface area contributed by atoms with Gasteiger partial charge in [0.25, 0.3) is 0 Å². The Bertz CT molecular complexity index is 973. The molecule has 0 spiro atoms. The first-order valence-electron chi connectivity index (χ1n) is 10.7. The van der Waals surface area contributed by atoms with Gasteiger partial charge in [0.05, 0.1) is 5.69 Å². The minimum Gasteiger partial charge on any atom is -0.454 e. The zero-order chi connectivity index (χ0) is 21.4. The Morgan fingerprint density at radius 2 is 1.80 bits per heavy atom. The third-order valence-corrected chi connectivity index (χ3v) is 6.53. The molecular weight excluding hydrogens is 382 g/mol. The second-order valence-corrected chi connectivity index (χ2v) is 8.54. The fourth-order valence-corrected chi connectivity index (χ4v) is 4.80. The van der Waals surface area contributed by atoms with Crippen LogP contribution >= 0.6 is 0 Å². The van der Waals surface area contributed by atoms with E-state index in [4.69, 9.17) is 9.47 Å². The van der Waals surface area contributed by atoms with Crippen LogP contribution in [-0.2, 0) is 6.54 Å². The van der Waals surface area contributed by atoms with Crippen molar-refractivity contribution in [1.29, 1.82) is 0 Å². The van der Waals surface area contributed by atoms with Gasteiger partial charge in [-0.05, 0) is 51.5 Å². The summed E-state index contributed by atoms with van der Waals surface area (Å²) in [5.74, 6) is 1.74. The molecule has 0 radical (unpaired) electrons.